The van der Waals surface area contributed by atoms with Crippen LogP contribution in [0.4, 0.5) is 17.1 Å². The van der Waals surface area contributed by atoms with E-state index < -0.39 is 0 Å². The highest BCUT2D eigenvalue weighted by Gasteiger charge is 2.12. The van der Waals surface area contributed by atoms with Crippen molar-refractivity contribution in [2.45, 2.75) is 13.5 Å². The SMILES string of the molecule is Cc1ccc(CN(c2ccccc2)c2ccccc2N)cc1. The first-order valence-corrected chi connectivity index (χ1v) is 7.47. The van der Waals surface area contributed by atoms with Crippen LogP contribution in [0.2, 0.25) is 0 Å². The van der Waals surface area contributed by atoms with Gasteiger partial charge in [0.15, 0.2) is 0 Å². The summed E-state index contributed by atoms with van der Waals surface area (Å²) in [6.45, 7) is 2.90. The molecule has 2 nitrogen and oxygen atoms in total. The van der Waals surface area contributed by atoms with Gasteiger partial charge >= 0.3 is 0 Å². The summed E-state index contributed by atoms with van der Waals surface area (Å²) >= 11 is 0. The van der Waals surface area contributed by atoms with Gasteiger partial charge in [-0.15, -0.1) is 0 Å². The fraction of sp³-hybridized carbons (Fsp3) is 0.100. The molecule has 3 rings (SSSR count). The Morgan fingerprint density at radius 3 is 2.09 bits per heavy atom. The zero-order valence-corrected chi connectivity index (χ0v) is 12.7. The summed E-state index contributed by atoms with van der Waals surface area (Å²) in [5.41, 5.74) is 11.7. The van der Waals surface area contributed by atoms with Gasteiger partial charge in [-0.1, -0.05) is 60.2 Å². The van der Waals surface area contributed by atoms with E-state index in [1.165, 1.54) is 11.1 Å². The summed E-state index contributed by atoms with van der Waals surface area (Å²) in [6, 6.07) is 27.0. The molecule has 0 unspecified atom stereocenters. The quantitative estimate of drug-likeness (QED) is 0.691. The first-order chi connectivity index (χ1) is 10.7. The molecular weight excluding hydrogens is 268 g/mol. The summed E-state index contributed by atoms with van der Waals surface area (Å²) < 4.78 is 0. The first kappa shape index (κ1) is 14.2. The van der Waals surface area contributed by atoms with Crippen molar-refractivity contribution in [3.05, 3.63) is 90.0 Å². The Hall–Kier alpha value is -2.74. The molecule has 0 aliphatic rings. The zero-order chi connectivity index (χ0) is 15.4. The second-order valence-corrected chi connectivity index (χ2v) is 5.47. The molecule has 110 valence electrons. The minimum absolute atomic E-state index is 0.790. The van der Waals surface area contributed by atoms with Crippen LogP contribution in [0.5, 0.6) is 0 Å². The van der Waals surface area contributed by atoms with Crippen molar-refractivity contribution in [1.29, 1.82) is 0 Å². The van der Waals surface area contributed by atoms with Gasteiger partial charge in [0.05, 0.1) is 11.4 Å². The standard InChI is InChI=1S/C20H20N2/c1-16-11-13-17(14-12-16)15-22(18-7-3-2-4-8-18)20-10-6-5-9-19(20)21/h2-14H,15,21H2,1H3. The third kappa shape index (κ3) is 3.12. The van der Waals surface area contributed by atoms with E-state index in [4.69, 9.17) is 5.73 Å². The zero-order valence-electron chi connectivity index (χ0n) is 12.7. The molecule has 0 aliphatic heterocycles. The van der Waals surface area contributed by atoms with Crippen molar-refractivity contribution >= 4 is 17.1 Å². The molecule has 3 aromatic carbocycles. The van der Waals surface area contributed by atoms with Crippen molar-refractivity contribution in [2.75, 3.05) is 10.6 Å². The molecule has 2 heteroatoms. The molecule has 0 bridgehead atoms. The lowest BCUT2D eigenvalue weighted by Gasteiger charge is -2.26. The van der Waals surface area contributed by atoms with Crippen LogP contribution in [0, 0.1) is 6.92 Å². The Morgan fingerprint density at radius 1 is 0.773 bits per heavy atom. The van der Waals surface area contributed by atoms with E-state index in [9.17, 15) is 0 Å². The average Bonchev–Trinajstić information content (AvgIpc) is 2.56. The van der Waals surface area contributed by atoms with Gasteiger partial charge in [-0.05, 0) is 36.8 Å². The van der Waals surface area contributed by atoms with E-state index in [0.29, 0.717) is 0 Å². The monoisotopic (exact) mass is 288 g/mol. The number of hydrogen-bond acceptors (Lipinski definition) is 2. The second kappa shape index (κ2) is 6.35. The predicted molar refractivity (Wildman–Crippen MR) is 94.3 cm³/mol. The van der Waals surface area contributed by atoms with Crippen LogP contribution in [0.25, 0.3) is 0 Å². The van der Waals surface area contributed by atoms with Gasteiger partial charge in [0.2, 0.25) is 0 Å². The molecule has 0 aliphatic carbocycles. The number of aryl methyl sites for hydroxylation is 1. The highest BCUT2D eigenvalue weighted by atomic mass is 15.1. The Labute approximate surface area is 131 Å². The van der Waals surface area contributed by atoms with E-state index in [-0.39, 0.29) is 0 Å². The Morgan fingerprint density at radius 2 is 1.41 bits per heavy atom. The maximum Gasteiger partial charge on any atom is 0.0647 e. The number of para-hydroxylation sites is 3. The number of nitrogen functional groups attached to an aromatic ring is 1. The summed E-state index contributed by atoms with van der Waals surface area (Å²) in [4.78, 5) is 2.25. The van der Waals surface area contributed by atoms with Crippen molar-refractivity contribution in [3.63, 3.8) is 0 Å². The molecule has 22 heavy (non-hydrogen) atoms. The predicted octanol–water partition coefficient (Wildman–Crippen LogP) is 4.92. The van der Waals surface area contributed by atoms with Crippen molar-refractivity contribution < 1.29 is 0 Å². The lowest BCUT2D eigenvalue weighted by atomic mass is 10.1. The topological polar surface area (TPSA) is 29.3 Å². The minimum Gasteiger partial charge on any atom is -0.397 e. The largest absolute Gasteiger partial charge is 0.397 e. The lowest BCUT2D eigenvalue weighted by Crippen LogP contribution is -2.17. The third-order valence-corrected chi connectivity index (χ3v) is 3.76. The number of rotatable bonds is 4. The Bertz CT molecular complexity index is 733. The van der Waals surface area contributed by atoms with E-state index in [1.54, 1.807) is 0 Å². The first-order valence-electron chi connectivity index (χ1n) is 7.47. The van der Waals surface area contributed by atoms with Gasteiger partial charge in [-0.3, -0.25) is 0 Å². The molecule has 3 aromatic rings. The Balaban J connectivity index is 2.00. The molecule has 0 aromatic heterocycles. The molecule has 0 saturated carbocycles. The number of benzene rings is 3. The van der Waals surface area contributed by atoms with Crippen LogP contribution in [-0.2, 0) is 6.54 Å². The van der Waals surface area contributed by atoms with Gasteiger partial charge in [0, 0.05) is 12.2 Å². The fourth-order valence-electron chi connectivity index (χ4n) is 2.53. The Kier molecular flexibility index (Phi) is 4.10. The number of hydrogen-bond donors (Lipinski definition) is 1. The van der Waals surface area contributed by atoms with Crippen LogP contribution in [0.15, 0.2) is 78.9 Å². The fourth-order valence-corrected chi connectivity index (χ4v) is 2.53. The van der Waals surface area contributed by atoms with E-state index >= 15 is 0 Å². The highest BCUT2D eigenvalue weighted by Crippen LogP contribution is 2.31. The summed E-state index contributed by atoms with van der Waals surface area (Å²) in [5, 5.41) is 0. The van der Waals surface area contributed by atoms with Crippen LogP contribution in [0.1, 0.15) is 11.1 Å². The summed E-state index contributed by atoms with van der Waals surface area (Å²) in [5.74, 6) is 0. The molecule has 0 heterocycles. The molecule has 0 fully saturated rings. The smallest absolute Gasteiger partial charge is 0.0647 e. The van der Waals surface area contributed by atoms with Crippen LogP contribution in [0.3, 0.4) is 0 Å². The maximum atomic E-state index is 6.19. The maximum absolute atomic E-state index is 6.19. The third-order valence-electron chi connectivity index (χ3n) is 3.76. The summed E-state index contributed by atoms with van der Waals surface area (Å²) in [6.07, 6.45) is 0. The molecular formula is C20H20N2. The minimum atomic E-state index is 0.790. The molecule has 2 N–H and O–H groups in total. The van der Waals surface area contributed by atoms with Crippen molar-refractivity contribution in [3.8, 4) is 0 Å². The molecule has 0 atom stereocenters. The molecule has 0 spiro atoms. The van der Waals surface area contributed by atoms with Crippen molar-refractivity contribution in [2.24, 2.45) is 0 Å². The van der Waals surface area contributed by atoms with E-state index in [1.807, 2.05) is 24.3 Å². The van der Waals surface area contributed by atoms with Crippen LogP contribution >= 0.6 is 0 Å². The van der Waals surface area contributed by atoms with Gasteiger partial charge < -0.3 is 10.6 Å². The number of nitrogens with two attached hydrogens (primary N) is 1. The highest BCUT2D eigenvalue weighted by molar-refractivity contribution is 5.74. The van der Waals surface area contributed by atoms with E-state index in [0.717, 1.165) is 23.6 Å². The molecule has 0 saturated heterocycles. The van der Waals surface area contributed by atoms with Crippen LogP contribution < -0.4 is 10.6 Å². The number of anilines is 3. The van der Waals surface area contributed by atoms with Gasteiger partial charge in [-0.2, -0.15) is 0 Å². The molecule has 0 amide bonds. The normalized spacial score (nSPS) is 10.4. The second-order valence-electron chi connectivity index (χ2n) is 5.47. The lowest BCUT2D eigenvalue weighted by molar-refractivity contribution is 0.976. The average molecular weight is 288 g/mol. The van der Waals surface area contributed by atoms with E-state index in [2.05, 4.69) is 66.4 Å². The van der Waals surface area contributed by atoms with Crippen molar-refractivity contribution in [1.82, 2.24) is 0 Å². The van der Waals surface area contributed by atoms with Gasteiger partial charge in [-0.25, -0.2) is 0 Å². The molecule has 0 radical (unpaired) electrons. The van der Waals surface area contributed by atoms with Gasteiger partial charge in [0.1, 0.15) is 0 Å². The van der Waals surface area contributed by atoms with Gasteiger partial charge in [0.25, 0.3) is 0 Å². The summed E-state index contributed by atoms with van der Waals surface area (Å²) in [7, 11) is 0. The number of nitrogens with zero attached hydrogens (tertiary/aromatic N) is 1. The van der Waals surface area contributed by atoms with Crippen LogP contribution in [-0.4, -0.2) is 0 Å².